The summed E-state index contributed by atoms with van der Waals surface area (Å²) in [6, 6.07) is 8.62. The van der Waals surface area contributed by atoms with E-state index in [2.05, 4.69) is 35.5 Å². The van der Waals surface area contributed by atoms with Gasteiger partial charge in [0.25, 0.3) is 0 Å². The number of rotatable bonds is 0. The molecule has 1 nitrogen and oxygen atoms in total. The van der Waals surface area contributed by atoms with Gasteiger partial charge >= 0.3 is 0 Å². The minimum Gasteiger partial charge on any atom is -0.260 e. The van der Waals surface area contributed by atoms with E-state index in [1.54, 1.807) is 0 Å². The molecule has 1 spiro atoms. The highest BCUT2D eigenvalue weighted by molar-refractivity contribution is 5.85. The zero-order valence-electron chi connectivity index (χ0n) is 10.4. The van der Waals surface area contributed by atoms with Crippen molar-refractivity contribution >= 4 is 11.9 Å². The predicted molar refractivity (Wildman–Crippen MR) is 70.7 cm³/mol. The van der Waals surface area contributed by atoms with Crippen molar-refractivity contribution < 1.29 is 0 Å². The molecule has 0 unspecified atom stereocenters. The molecule has 1 aromatic carbocycles. The lowest BCUT2D eigenvalue weighted by molar-refractivity contribution is 0.391. The molecule has 1 aromatic rings. The molecule has 0 bridgehead atoms. The summed E-state index contributed by atoms with van der Waals surface area (Å²) in [6.07, 6.45) is 8.93. The average molecular weight is 215 g/mol. The molecule has 3 rings (SSSR count). The number of aliphatic imine (C=N–C) groups is 1. The summed E-state index contributed by atoms with van der Waals surface area (Å²) < 4.78 is 0. The highest BCUT2D eigenvalue weighted by Crippen LogP contribution is 2.45. The molecule has 1 heterocycles. The van der Waals surface area contributed by atoms with Crippen molar-refractivity contribution in [2.45, 2.75) is 51.4 Å². The maximum Gasteiger partial charge on any atom is 0.0667 e. The molecule has 0 atom stereocenters. The van der Waals surface area contributed by atoms with E-state index in [-0.39, 0.29) is 0 Å². The molecule has 0 aromatic heterocycles. The van der Waals surface area contributed by atoms with Crippen LogP contribution in [0.5, 0.6) is 0 Å². The van der Waals surface area contributed by atoms with Crippen molar-refractivity contribution in [3.63, 3.8) is 0 Å². The van der Waals surface area contributed by atoms with E-state index in [9.17, 15) is 0 Å². The summed E-state index contributed by atoms with van der Waals surface area (Å²) in [6.45, 7) is 4.00. The molecule has 1 aliphatic carbocycles. The summed E-state index contributed by atoms with van der Waals surface area (Å²) in [7, 11) is 0. The normalized spacial score (nSPS) is 20.1. The lowest BCUT2D eigenvalue weighted by atomic mass is 9.71. The second-order valence-corrected chi connectivity index (χ2v) is 4.49. The Balaban J connectivity index is 0.000000457. The molecular formula is C15H21N. The summed E-state index contributed by atoms with van der Waals surface area (Å²) in [5, 5.41) is 0. The summed E-state index contributed by atoms with van der Waals surface area (Å²) >= 11 is 0. The molecule has 0 radical (unpaired) electrons. The van der Waals surface area contributed by atoms with Crippen molar-refractivity contribution in [3.8, 4) is 0 Å². The maximum absolute atomic E-state index is 4.55. The van der Waals surface area contributed by atoms with Gasteiger partial charge in [-0.2, -0.15) is 0 Å². The van der Waals surface area contributed by atoms with Gasteiger partial charge in [0.1, 0.15) is 0 Å². The quantitative estimate of drug-likeness (QED) is 0.598. The molecule has 0 amide bonds. The van der Waals surface area contributed by atoms with Crippen LogP contribution in [0.4, 0.5) is 5.69 Å². The first-order valence-corrected chi connectivity index (χ1v) is 6.55. The highest BCUT2D eigenvalue weighted by atomic mass is 14.8. The van der Waals surface area contributed by atoms with Gasteiger partial charge in [-0.1, -0.05) is 51.3 Å². The van der Waals surface area contributed by atoms with Gasteiger partial charge in [0.05, 0.1) is 5.69 Å². The SMILES string of the molecule is C1=Nc2ccccc2C12CCCCC2.CC. The number of hydrogen-bond acceptors (Lipinski definition) is 1. The second-order valence-electron chi connectivity index (χ2n) is 4.49. The van der Waals surface area contributed by atoms with Crippen LogP contribution < -0.4 is 0 Å². The van der Waals surface area contributed by atoms with E-state index >= 15 is 0 Å². The Morgan fingerprint density at radius 3 is 2.44 bits per heavy atom. The smallest absolute Gasteiger partial charge is 0.0667 e. The van der Waals surface area contributed by atoms with Crippen LogP contribution in [0.25, 0.3) is 0 Å². The second kappa shape index (κ2) is 4.82. The van der Waals surface area contributed by atoms with Gasteiger partial charge in [-0.15, -0.1) is 0 Å². The van der Waals surface area contributed by atoms with E-state index in [0.29, 0.717) is 5.41 Å². The van der Waals surface area contributed by atoms with Crippen LogP contribution in [0.3, 0.4) is 0 Å². The van der Waals surface area contributed by atoms with Crippen molar-refractivity contribution in [2.75, 3.05) is 0 Å². The molecule has 0 saturated heterocycles. The number of para-hydroxylation sites is 1. The van der Waals surface area contributed by atoms with Gasteiger partial charge in [0, 0.05) is 11.6 Å². The Morgan fingerprint density at radius 1 is 1.00 bits per heavy atom. The lowest BCUT2D eigenvalue weighted by Gasteiger charge is -2.31. The van der Waals surface area contributed by atoms with Gasteiger partial charge in [0.2, 0.25) is 0 Å². The van der Waals surface area contributed by atoms with Crippen LogP contribution in [0, 0.1) is 0 Å². The van der Waals surface area contributed by atoms with Crippen LogP contribution in [0.1, 0.15) is 51.5 Å². The van der Waals surface area contributed by atoms with Crippen LogP contribution in [-0.2, 0) is 5.41 Å². The maximum atomic E-state index is 4.55. The Labute approximate surface area is 98.6 Å². The Morgan fingerprint density at radius 2 is 1.69 bits per heavy atom. The van der Waals surface area contributed by atoms with Crippen molar-refractivity contribution in [1.82, 2.24) is 0 Å². The van der Waals surface area contributed by atoms with Gasteiger partial charge in [-0.3, -0.25) is 4.99 Å². The third-order valence-corrected chi connectivity index (χ3v) is 3.64. The first kappa shape index (κ1) is 11.4. The topological polar surface area (TPSA) is 12.4 Å². The molecular weight excluding hydrogens is 194 g/mol. The van der Waals surface area contributed by atoms with Crippen LogP contribution >= 0.6 is 0 Å². The molecule has 16 heavy (non-hydrogen) atoms. The van der Waals surface area contributed by atoms with Gasteiger partial charge in [-0.25, -0.2) is 0 Å². The molecule has 1 heteroatoms. The van der Waals surface area contributed by atoms with Crippen molar-refractivity contribution in [1.29, 1.82) is 0 Å². The number of fused-ring (bicyclic) bond motifs is 2. The molecule has 86 valence electrons. The molecule has 1 fully saturated rings. The van der Waals surface area contributed by atoms with Gasteiger partial charge < -0.3 is 0 Å². The van der Waals surface area contributed by atoms with E-state index in [1.807, 2.05) is 13.8 Å². The van der Waals surface area contributed by atoms with Gasteiger partial charge in [0.15, 0.2) is 0 Å². The first-order chi connectivity index (χ1) is 7.91. The minimum atomic E-state index is 0.314. The Hall–Kier alpha value is -1.11. The third kappa shape index (κ3) is 1.79. The van der Waals surface area contributed by atoms with E-state index < -0.39 is 0 Å². The number of nitrogens with zero attached hydrogens (tertiary/aromatic N) is 1. The van der Waals surface area contributed by atoms with Crippen molar-refractivity contribution in [3.05, 3.63) is 29.8 Å². The minimum absolute atomic E-state index is 0.314. The van der Waals surface area contributed by atoms with Crippen LogP contribution in [0.2, 0.25) is 0 Å². The zero-order chi connectivity index (χ0) is 11.4. The fraction of sp³-hybridized carbons (Fsp3) is 0.533. The fourth-order valence-electron chi connectivity index (χ4n) is 2.85. The van der Waals surface area contributed by atoms with Gasteiger partial charge in [-0.05, 0) is 24.5 Å². The number of hydrogen-bond donors (Lipinski definition) is 0. The summed E-state index contributed by atoms with van der Waals surface area (Å²) in [5.74, 6) is 0. The van der Waals surface area contributed by atoms with E-state index in [4.69, 9.17) is 0 Å². The zero-order valence-corrected chi connectivity index (χ0v) is 10.4. The van der Waals surface area contributed by atoms with Crippen LogP contribution in [-0.4, -0.2) is 6.21 Å². The molecule has 1 saturated carbocycles. The Kier molecular flexibility index (Phi) is 3.42. The molecule has 1 aliphatic heterocycles. The fourth-order valence-corrected chi connectivity index (χ4v) is 2.85. The number of benzene rings is 1. The van der Waals surface area contributed by atoms with Crippen LogP contribution in [0.15, 0.2) is 29.3 Å². The summed E-state index contributed by atoms with van der Waals surface area (Å²) in [4.78, 5) is 4.55. The summed E-state index contributed by atoms with van der Waals surface area (Å²) in [5.41, 5.74) is 2.99. The predicted octanol–water partition coefficient (Wildman–Crippen LogP) is 4.63. The first-order valence-electron chi connectivity index (χ1n) is 6.55. The van der Waals surface area contributed by atoms with Crippen molar-refractivity contribution in [2.24, 2.45) is 4.99 Å². The lowest BCUT2D eigenvalue weighted by Crippen LogP contribution is -2.28. The van der Waals surface area contributed by atoms with E-state index in [1.165, 1.54) is 43.4 Å². The van der Waals surface area contributed by atoms with E-state index in [0.717, 1.165) is 0 Å². The monoisotopic (exact) mass is 215 g/mol. The molecule has 0 N–H and O–H groups in total. The average Bonchev–Trinajstić information content (AvgIpc) is 2.73. The third-order valence-electron chi connectivity index (χ3n) is 3.64. The largest absolute Gasteiger partial charge is 0.260 e. The standard InChI is InChI=1S/C13H15N.C2H6/c1-4-8-13(9-5-1)10-14-12-7-3-2-6-11(12)13;1-2/h2-3,6-7,10H,1,4-5,8-9H2;1-2H3. The highest BCUT2D eigenvalue weighted by Gasteiger charge is 2.36. The molecule has 2 aliphatic rings. The Bertz CT molecular complexity index is 373.